The summed E-state index contributed by atoms with van der Waals surface area (Å²) in [5, 5.41) is 5.67. The van der Waals surface area contributed by atoms with Crippen LogP contribution in [0.1, 0.15) is 148 Å². The average molecular weight is 437 g/mol. The van der Waals surface area contributed by atoms with E-state index in [1.807, 2.05) is 0 Å². The van der Waals surface area contributed by atoms with Crippen molar-refractivity contribution in [1.29, 1.82) is 0 Å². The van der Waals surface area contributed by atoms with Gasteiger partial charge in [-0.15, -0.1) is 0 Å². The lowest BCUT2D eigenvalue weighted by molar-refractivity contribution is -0.125. The van der Waals surface area contributed by atoms with E-state index >= 15 is 0 Å². The van der Waals surface area contributed by atoms with Crippen LogP contribution >= 0.6 is 0 Å². The third-order valence-electron chi connectivity index (χ3n) is 6.64. The van der Waals surface area contributed by atoms with Gasteiger partial charge in [-0.05, 0) is 12.8 Å². The van der Waals surface area contributed by atoms with Crippen LogP contribution in [-0.2, 0) is 9.59 Å². The van der Waals surface area contributed by atoms with E-state index in [4.69, 9.17) is 0 Å². The van der Waals surface area contributed by atoms with Crippen LogP contribution in [0, 0.1) is 0 Å². The third-order valence-corrected chi connectivity index (χ3v) is 6.64. The molecule has 31 heavy (non-hydrogen) atoms. The van der Waals surface area contributed by atoms with Gasteiger partial charge in [-0.2, -0.15) is 0 Å². The smallest absolute Gasteiger partial charge is 0.242 e. The van der Waals surface area contributed by atoms with Crippen LogP contribution in [0.2, 0.25) is 0 Å². The summed E-state index contributed by atoms with van der Waals surface area (Å²) in [7, 11) is 0. The molecule has 4 nitrogen and oxygen atoms in total. The fourth-order valence-electron chi connectivity index (χ4n) is 4.53. The molecule has 2 N–H and O–H groups in total. The number of unbranched alkanes of at least 4 members (excludes halogenated alkanes) is 19. The highest BCUT2D eigenvalue weighted by molar-refractivity contribution is 5.90. The first kappa shape index (κ1) is 28.0. The third kappa shape index (κ3) is 17.2. The molecule has 1 heterocycles. The van der Waals surface area contributed by atoms with Gasteiger partial charge in [0.1, 0.15) is 6.04 Å². The molecule has 1 aliphatic rings. The van der Waals surface area contributed by atoms with Crippen molar-refractivity contribution in [3.8, 4) is 0 Å². The number of hydrogen-bond donors (Lipinski definition) is 2. The molecule has 0 radical (unpaired) electrons. The Hall–Kier alpha value is -1.06. The van der Waals surface area contributed by atoms with E-state index in [9.17, 15) is 9.59 Å². The van der Waals surface area contributed by atoms with Crippen molar-refractivity contribution < 1.29 is 9.59 Å². The van der Waals surface area contributed by atoms with Crippen LogP contribution in [0.3, 0.4) is 0 Å². The molecule has 1 atom stereocenters. The number of rotatable bonds is 22. The number of nitrogens with one attached hydrogen (secondary N) is 2. The molecule has 0 aliphatic carbocycles. The number of amides is 2. The normalized spacial score (nSPS) is 15.9. The summed E-state index contributed by atoms with van der Waals surface area (Å²) in [6.07, 6.45) is 28.8. The maximum Gasteiger partial charge on any atom is 0.242 e. The second-order valence-corrected chi connectivity index (χ2v) is 9.67. The lowest BCUT2D eigenvalue weighted by Gasteiger charge is -2.10. The van der Waals surface area contributed by atoms with E-state index in [0.29, 0.717) is 12.8 Å². The van der Waals surface area contributed by atoms with Crippen molar-refractivity contribution in [3.63, 3.8) is 0 Å². The predicted molar refractivity (Wildman–Crippen MR) is 132 cm³/mol. The van der Waals surface area contributed by atoms with Crippen LogP contribution in [0.4, 0.5) is 0 Å². The molecule has 0 spiro atoms. The van der Waals surface area contributed by atoms with Crippen molar-refractivity contribution in [3.05, 3.63) is 0 Å². The summed E-state index contributed by atoms with van der Waals surface area (Å²) in [5.41, 5.74) is 0. The monoisotopic (exact) mass is 436 g/mol. The van der Waals surface area contributed by atoms with Gasteiger partial charge in [0.15, 0.2) is 0 Å². The molecule has 182 valence electrons. The molecule has 1 rings (SSSR count). The molecule has 0 bridgehead atoms. The molecule has 1 saturated heterocycles. The molecule has 2 amide bonds. The highest BCUT2D eigenvalue weighted by Crippen LogP contribution is 2.14. The standard InChI is InChI=1S/C27H52N2O2/c1-2-3-4-5-6-7-8-9-10-11-12-13-14-15-16-17-18-19-20-21-24-28-27(31)25-22-23-26(30)29-25/h25H,2-24H2,1H3,(H,28,31)(H,29,30). The second kappa shape index (κ2) is 20.8. The molecule has 0 aromatic heterocycles. The Morgan fingerprint density at radius 3 is 1.45 bits per heavy atom. The summed E-state index contributed by atoms with van der Waals surface area (Å²) < 4.78 is 0. The van der Waals surface area contributed by atoms with Gasteiger partial charge in [-0.1, -0.05) is 129 Å². The van der Waals surface area contributed by atoms with E-state index in [1.165, 1.54) is 122 Å². The van der Waals surface area contributed by atoms with Crippen LogP contribution < -0.4 is 10.6 Å². The van der Waals surface area contributed by atoms with Crippen LogP contribution in [0.15, 0.2) is 0 Å². The Morgan fingerprint density at radius 2 is 1.10 bits per heavy atom. The van der Waals surface area contributed by atoms with Gasteiger partial charge in [-0.25, -0.2) is 0 Å². The topological polar surface area (TPSA) is 58.2 Å². The van der Waals surface area contributed by atoms with Crippen LogP contribution in [-0.4, -0.2) is 24.4 Å². The zero-order chi connectivity index (χ0) is 22.4. The van der Waals surface area contributed by atoms with Crippen molar-refractivity contribution in [1.82, 2.24) is 10.6 Å². The van der Waals surface area contributed by atoms with E-state index in [0.717, 1.165) is 13.0 Å². The zero-order valence-corrected chi connectivity index (χ0v) is 20.7. The summed E-state index contributed by atoms with van der Waals surface area (Å²) >= 11 is 0. The quantitative estimate of drug-likeness (QED) is 0.176. The molecular formula is C27H52N2O2. The van der Waals surface area contributed by atoms with E-state index in [-0.39, 0.29) is 17.9 Å². The largest absolute Gasteiger partial charge is 0.354 e. The maximum atomic E-state index is 11.9. The van der Waals surface area contributed by atoms with E-state index < -0.39 is 0 Å². The van der Waals surface area contributed by atoms with Gasteiger partial charge in [-0.3, -0.25) is 9.59 Å². The fraction of sp³-hybridized carbons (Fsp3) is 0.926. The fourth-order valence-corrected chi connectivity index (χ4v) is 4.53. The summed E-state index contributed by atoms with van der Waals surface area (Å²) in [5.74, 6) is -0.0115. The summed E-state index contributed by atoms with van der Waals surface area (Å²) in [6, 6.07) is -0.294. The average Bonchev–Trinajstić information content (AvgIpc) is 3.21. The molecule has 0 aromatic carbocycles. The molecule has 0 saturated carbocycles. The van der Waals surface area contributed by atoms with E-state index in [1.54, 1.807) is 0 Å². The Kier molecular flexibility index (Phi) is 18.8. The van der Waals surface area contributed by atoms with Gasteiger partial charge in [0.25, 0.3) is 0 Å². The second-order valence-electron chi connectivity index (χ2n) is 9.67. The Balaban J connectivity index is 1.68. The van der Waals surface area contributed by atoms with Gasteiger partial charge in [0, 0.05) is 13.0 Å². The minimum Gasteiger partial charge on any atom is -0.354 e. The number of hydrogen-bond acceptors (Lipinski definition) is 2. The minimum atomic E-state index is -0.294. The molecule has 0 aromatic rings. The highest BCUT2D eigenvalue weighted by atomic mass is 16.2. The first-order chi connectivity index (χ1) is 15.2. The van der Waals surface area contributed by atoms with Gasteiger partial charge < -0.3 is 10.6 Å². The lowest BCUT2D eigenvalue weighted by atomic mass is 10.0. The molecule has 1 unspecified atom stereocenters. The Labute approximate surface area is 193 Å². The van der Waals surface area contributed by atoms with E-state index in [2.05, 4.69) is 17.6 Å². The van der Waals surface area contributed by atoms with Crippen molar-refractivity contribution in [2.45, 2.75) is 154 Å². The summed E-state index contributed by atoms with van der Waals surface area (Å²) in [4.78, 5) is 23.0. The highest BCUT2D eigenvalue weighted by Gasteiger charge is 2.26. The number of carbonyl (C=O) groups is 2. The first-order valence-electron chi connectivity index (χ1n) is 13.8. The van der Waals surface area contributed by atoms with Gasteiger partial charge in [0.05, 0.1) is 0 Å². The number of carbonyl (C=O) groups excluding carboxylic acids is 2. The zero-order valence-electron chi connectivity index (χ0n) is 20.7. The van der Waals surface area contributed by atoms with Crippen molar-refractivity contribution in [2.75, 3.05) is 6.54 Å². The first-order valence-corrected chi connectivity index (χ1v) is 13.8. The minimum absolute atomic E-state index is 0.000970. The maximum absolute atomic E-state index is 11.9. The van der Waals surface area contributed by atoms with Gasteiger partial charge >= 0.3 is 0 Å². The Morgan fingerprint density at radius 1 is 0.710 bits per heavy atom. The van der Waals surface area contributed by atoms with Crippen LogP contribution in [0.25, 0.3) is 0 Å². The van der Waals surface area contributed by atoms with Crippen molar-refractivity contribution in [2.24, 2.45) is 0 Å². The molecule has 4 heteroatoms. The molecule has 1 fully saturated rings. The van der Waals surface area contributed by atoms with Crippen LogP contribution in [0.5, 0.6) is 0 Å². The predicted octanol–water partition coefficient (Wildman–Crippen LogP) is 7.20. The SMILES string of the molecule is CCCCCCCCCCCCCCCCCCCCCCNC(=O)C1CCC(=O)N1. The van der Waals surface area contributed by atoms with Crippen molar-refractivity contribution >= 4 is 11.8 Å². The molecule has 1 aliphatic heterocycles. The Bertz CT molecular complexity index is 439. The lowest BCUT2D eigenvalue weighted by Crippen LogP contribution is -2.41. The van der Waals surface area contributed by atoms with Gasteiger partial charge in [0.2, 0.25) is 11.8 Å². The summed E-state index contributed by atoms with van der Waals surface area (Å²) in [6.45, 7) is 3.03. The molecular weight excluding hydrogens is 384 g/mol.